The molecule has 162 valence electrons. The van der Waals surface area contributed by atoms with Crippen molar-refractivity contribution in [1.29, 1.82) is 0 Å². The van der Waals surface area contributed by atoms with Gasteiger partial charge in [0.1, 0.15) is 5.82 Å². The van der Waals surface area contributed by atoms with Crippen LogP contribution in [-0.2, 0) is 16.1 Å². The number of amides is 1. The molecule has 1 aliphatic rings. The lowest BCUT2D eigenvalue weighted by Gasteiger charge is -2.35. The molecule has 1 saturated heterocycles. The van der Waals surface area contributed by atoms with Gasteiger partial charge in [-0.2, -0.15) is 0 Å². The van der Waals surface area contributed by atoms with E-state index in [-0.39, 0.29) is 41.8 Å². The van der Waals surface area contributed by atoms with Gasteiger partial charge in [-0.1, -0.05) is 36.0 Å². The highest BCUT2D eigenvalue weighted by atomic mass is 32.2. The molecule has 1 aliphatic heterocycles. The molecule has 31 heavy (non-hydrogen) atoms. The molecule has 6 nitrogen and oxygen atoms in total. The zero-order valence-electron chi connectivity index (χ0n) is 17.5. The van der Waals surface area contributed by atoms with Crippen LogP contribution in [0.5, 0.6) is 0 Å². The molecule has 4 rings (SSSR count). The standard InChI is InChI=1S/C23H24FN3O3S/c1-15-11-26(12-16(2)30-15)21(28)14-31-23-25-20-6-4-3-5-19(20)22(29)27(23)13-17-7-9-18(24)10-8-17/h3-10,15-16H,11-14H2,1-2H3. The summed E-state index contributed by atoms with van der Waals surface area (Å²) in [5.41, 5.74) is 1.19. The lowest BCUT2D eigenvalue weighted by Crippen LogP contribution is -2.48. The first-order valence-electron chi connectivity index (χ1n) is 10.2. The number of hydrogen-bond donors (Lipinski definition) is 0. The number of ether oxygens (including phenoxy) is 1. The number of carbonyl (C=O) groups is 1. The molecule has 0 aliphatic carbocycles. The van der Waals surface area contributed by atoms with E-state index in [4.69, 9.17) is 4.74 Å². The molecule has 2 atom stereocenters. The van der Waals surface area contributed by atoms with Gasteiger partial charge in [-0.25, -0.2) is 9.37 Å². The van der Waals surface area contributed by atoms with Gasteiger partial charge < -0.3 is 9.64 Å². The van der Waals surface area contributed by atoms with Gasteiger partial charge in [-0.15, -0.1) is 0 Å². The van der Waals surface area contributed by atoms with Crippen LogP contribution in [0.25, 0.3) is 10.9 Å². The number of thioether (sulfide) groups is 1. The fourth-order valence-corrected chi connectivity index (χ4v) is 4.67. The van der Waals surface area contributed by atoms with Crippen LogP contribution in [0.2, 0.25) is 0 Å². The number of nitrogens with zero attached hydrogens (tertiary/aromatic N) is 3. The molecule has 1 aromatic heterocycles. The number of benzene rings is 2. The second-order valence-electron chi connectivity index (χ2n) is 7.77. The summed E-state index contributed by atoms with van der Waals surface area (Å²) in [6, 6.07) is 13.2. The zero-order chi connectivity index (χ0) is 22.0. The van der Waals surface area contributed by atoms with Gasteiger partial charge in [-0.3, -0.25) is 14.2 Å². The highest BCUT2D eigenvalue weighted by molar-refractivity contribution is 7.99. The normalized spacial score (nSPS) is 19.0. The molecule has 2 aromatic carbocycles. The Morgan fingerprint density at radius 1 is 1.13 bits per heavy atom. The number of carbonyl (C=O) groups excluding carboxylic acids is 1. The molecule has 0 bridgehead atoms. The van der Waals surface area contributed by atoms with Crippen molar-refractivity contribution in [3.8, 4) is 0 Å². The van der Waals surface area contributed by atoms with Crippen molar-refractivity contribution < 1.29 is 13.9 Å². The summed E-state index contributed by atoms with van der Waals surface area (Å²) in [5, 5.41) is 0.979. The number of hydrogen-bond acceptors (Lipinski definition) is 5. The quantitative estimate of drug-likeness (QED) is 0.449. The number of para-hydroxylation sites is 1. The van der Waals surface area contributed by atoms with E-state index >= 15 is 0 Å². The maximum absolute atomic E-state index is 13.3. The van der Waals surface area contributed by atoms with Crippen molar-refractivity contribution in [3.63, 3.8) is 0 Å². The van der Waals surface area contributed by atoms with E-state index in [9.17, 15) is 14.0 Å². The Labute approximate surface area is 184 Å². The van der Waals surface area contributed by atoms with E-state index in [2.05, 4.69) is 4.98 Å². The van der Waals surface area contributed by atoms with Crippen molar-refractivity contribution in [2.24, 2.45) is 0 Å². The average Bonchev–Trinajstić information content (AvgIpc) is 2.75. The summed E-state index contributed by atoms with van der Waals surface area (Å²) in [6.07, 6.45) is -0.0127. The number of morpholine rings is 1. The third-order valence-electron chi connectivity index (χ3n) is 5.18. The lowest BCUT2D eigenvalue weighted by molar-refractivity contribution is -0.140. The molecular weight excluding hydrogens is 417 g/mol. The first kappa shape index (κ1) is 21.5. The van der Waals surface area contributed by atoms with Crippen LogP contribution < -0.4 is 5.56 Å². The predicted octanol–water partition coefficient (Wildman–Crippen LogP) is 3.31. The molecule has 3 aromatic rings. The minimum absolute atomic E-state index is 0.00634. The van der Waals surface area contributed by atoms with E-state index in [1.807, 2.05) is 19.9 Å². The molecule has 0 spiro atoms. The van der Waals surface area contributed by atoms with E-state index in [0.717, 1.165) is 5.56 Å². The van der Waals surface area contributed by atoms with Crippen LogP contribution in [0.4, 0.5) is 4.39 Å². The van der Waals surface area contributed by atoms with Crippen LogP contribution in [0.1, 0.15) is 19.4 Å². The number of fused-ring (bicyclic) bond motifs is 1. The monoisotopic (exact) mass is 441 g/mol. The first-order chi connectivity index (χ1) is 14.9. The van der Waals surface area contributed by atoms with Crippen LogP contribution in [0.15, 0.2) is 58.5 Å². The van der Waals surface area contributed by atoms with Crippen molar-refractivity contribution in [2.45, 2.75) is 37.8 Å². The second kappa shape index (κ2) is 9.20. The molecule has 8 heteroatoms. The van der Waals surface area contributed by atoms with Gasteiger partial charge in [0.05, 0.1) is 35.4 Å². The van der Waals surface area contributed by atoms with E-state index in [1.54, 1.807) is 39.8 Å². The maximum atomic E-state index is 13.3. The molecular formula is C23H24FN3O3S. The molecule has 1 amide bonds. The summed E-state index contributed by atoms with van der Waals surface area (Å²) < 4.78 is 20.6. The number of rotatable bonds is 5. The van der Waals surface area contributed by atoms with Crippen LogP contribution in [0, 0.1) is 5.82 Å². The minimum atomic E-state index is -0.332. The summed E-state index contributed by atoms with van der Waals surface area (Å²) in [4.78, 5) is 32.4. The largest absolute Gasteiger partial charge is 0.372 e. The molecule has 0 saturated carbocycles. The number of aromatic nitrogens is 2. The van der Waals surface area contributed by atoms with Crippen molar-refractivity contribution in [1.82, 2.24) is 14.5 Å². The van der Waals surface area contributed by atoms with Gasteiger partial charge in [-0.05, 0) is 43.7 Å². The summed E-state index contributed by atoms with van der Waals surface area (Å²) in [5.74, 6) is -0.169. The predicted molar refractivity (Wildman–Crippen MR) is 119 cm³/mol. The Balaban J connectivity index is 1.61. The molecule has 0 radical (unpaired) electrons. The Morgan fingerprint density at radius 2 is 1.81 bits per heavy atom. The summed E-state index contributed by atoms with van der Waals surface area (Å²) >= 11 is 1.25. The van der Waals surface area contributed by atoms with Crippen LogP contribution in [-0.4, -0.2) is 51.4 Å². The van der Waals surface area contributed by atoms with Crippen molar-refractivity contribution >= 4 is 28.6 Å². The van der Waals surface area contributed by atoms with Gasteiger partial charge in [0.25, 0.3) is 5.56 Å². The highest BCUT2D eigenvalue weighted by Crippen LogP contribution is 2.21. The third-order valence-corrected chi connectivity index (χ3v) is 6.14. The van der Waals surface area contributed by atoms with Gasteiger partial charge in [0.15, 0.2) is 5.16 Å². The Bertz CT molecular complexity index is 1140. The SMILES string of the molecule is CC1CN(C(=O)CSc2nc3ccccc3c(=O)n2Cc2ccc(F)cc2)CC(C)O1. The lowest BCUT2D eigenvalue weighted by atomic mass is 10.2. The fraction of sp³-hybridized carbons (Fsp3) is 0.348. The van der Waals surface area contributed by atoms with Crippen LogP contribution >= 0.6 is 11.8 Å². The zero-order valence-corrected chi connectivity index (χ0v) is 18.3. The first-order valence-corrected chi connectivity index (χ1v) is 11.2. The van der Waals surface area contributed by atoms with Gasteiger partial charge in [0.2, 0.25) is 5.91 Å². The Morgan fingerprint density at radius 3 is 2.52 bits per heavy atom. The fourth-order valence-electron chi connectivity index (χ4n) is 3.77. The molecule has 2 unspecified atom stereocenters. The average molecular weight is 442 g/mol. The Kier molecular flexibility index (Phi) is 6.38. The van der Waals surface area contributed by atoms with E-state index in [1.165, 1.54) is 23.9 Å². The van der Waals surface area contributed by atoms with E-state index < -0.39 is 0 Å². The smallest absolute Gasteiger partial charge is 0.262 e. The third kappa shape index (κ3) is 4.97. The minimum Gasteiger partial charge on any atom is -0.372 e. The number of halogens is 1. The topological polar surface area (TPSA) is 64.4 Å². The highest BCUT2D eigenvalue weighted by Gasteiger charge is 2.26. The van der Waals surface area contributed by atoms with Crippen LogP contribution in [0.3, 0.4) is 0 Å². The van der Waals surface area contributed by atoms with Crippen molar-refractivity contribution in [3.05, 3.63) is 70.3 Å². The second-order valence-corrected chi connectivity index (χ2v) is 8.72. The molecule has 0 N–H and O–H groups in total. The molecule has 1 fully saturated rings. The van der Waals surface area contributed by atoms with E-state index in [0.29, 0.717) is 29.1 Å². The molecule has 2 heterocycles. The van der Waals surface area contributed by atoms with Gasteiger partial charge >= 0.3 is 0 Å². The maximum Gasteiger partial charge on any atom is 0.262 e. The Hall–Kier alpha value is -2.71. The van der Waals surface area contributed by atoms with Crippen molar-refractivity contribution in [2.75, 3.05) is 18.8 Å². The summed E-state index contributed by atoms with van der Waals surface area (Å²) in [6.45, 7) is 5.26. The van der Waals surface area contributed by atoms with Gasteiger partial charge in [0, 0.05) is 13.1 Å². The summed E-state index contributed by atoms with van der Waals surface area (Å²) in [7, 11) is 0.